The number of hydrogen-bond acceptors (Lipinski definition) is 5. The molecule has 1 N–H and O–H groups in total. The molecule has 0 aliphatic carbocycles. The Morgan fingerprint density at radius 3 is 2.11 bits per heavy atom. The summed E-state index contributed by atoms with van der Waals surface area (Å²) in [7, 11) is 0. The minimum Gasteiger partial charge on any atom is -0.506 e. The highest BCUT2D eigenvalue weighted by molar-refractivity contribution is 5.96. The summed E-state index contributed by atoms with van der Waals surface area (Å²) in [5.41, 5.74) is 4.94. The summed E-state index contributed by atoms with van der Waals surface area (Å²) in [6.07, 6.45) is 3.11. The second kappa shape index (κ2) is 11.3. The zero-order chi connectivity index (χ0) is 27.4. The zero-order valence-corrected chi connectivity index (χ0v) is 23.1. The van der Waals surface area contributed by atoms with Crippen molar-refractivity contribution in [1.82, 2.24) is 14.8 Å². The van der Waals surface area contributed by atoms with Gasteiger partial charge in [-0.2, -0.15) is 0 Å². The Hall–Kier alpha value is -3.87. The molecule has 1 aromatic heterocycles. The van der Waals surface area contributed by atoms with Gasteiger partial charge >= 0.3 is 0 Å². The van der Waals surface area contributed by atoms with E-state index in [1.54, 1.807) is 12.3 Å². The fourth-order valence-corrected chi connectivity index (χ4v) is 4.79. The van der Waals surface area contributed by atoms with Crippen molar-refractivity contribution in [2.24, 2.45) is 0 Å². The molecule has 0 radical (unpaired) electrons. The molecule has 2 amide bonds. The summed E-state index contributed by atoms with van der Waals surface area (Å²) < 4.78 is 0. The predicted octanol–water partition coefficient (Wildman–Crippen LogP) is 5.20. The number of nitrogens with zero attached hydrogens (tertiary/aromatic N) is 4. The third-order valence-electron chi connectivity index (χ3n) is 7.20. The molecule has 7 nitrogen and oxygen atoms in total. The minimum atomic E-state index is -0.146. The second-order valence-corrected chi connectivity index (χ2v) is 10.8. The van der Waals surface area contributed by atoms with Crippen molar-refractivity contribution >= 4 is 17.5 Å². The van der Waals surface area contributed by atoms with Gasteiger partial charge in [-0.15, -0.1) is 0 Å². The summed E-state index contributed by atoms with van der Waals surface area (Å²) in [5.74, 6) is 0.152. The van der Waals surface area contributed by atoms with Gasteiger partial charge in [-0.1, -0.05) is 26.8 Å². The van der Waals surface area contributed by atoms with Crippen LogP contribution in [-0.4, -0.2) is 71.0 Å². The van der Waals surface area contributed by atoms with E-state index in [0.717, 1.165) is 35.5 Å². The van der Waals surface area contributed by atoms with E-state index in [1.165, 1.54) is 6.20 Å². The van der Waals surface area contributed by atoms with E-state index in [1.807, 2.05) is 60.0 Å². The molecule has 1 fully saturated rings. The molecule has 0 atom stereocenters. The van der Waals surface area contributed by atoms with E-state index in [9.17, 15) is 14.7 Å². The maximum absolute atomic E-state index is 13.6. The molecule has 1 aliphatic heterocycles. The number of amides is 2. The molecule has 0 spiro atoms. The Balaban J connectivity index is 1.49. The smallest absolute Gasteiger partial charge is 0.254 e. The van der Waals surface area contributed by atoms with Crippen LogP contribution in [-0.2, 0) is 5.41 Å². The number of pyridine rings is 1. The summed E-state index contributed by atoms with van der Waals surface area (Å²) in [4.78, 5) is 36.3. The first-order valence-corrected chi connectivity index (χ1v) is 13.3. The average Bonchev–Trinajstić information content (AvgIpc) is 2.92. The molecule has 2 aromatic carbocycles. The van der Waals surface area contributed by atoms with Crippen LogP contribution in [0.2, 0.25) is 0 Å². The highest BCUT2D eigenvalue weighted by Gasteiger charge is 2.25. The largest absolute Gasteiger partial charge is 0.506 e. The van der Waals surface area contributed by atoms with Crippen LogP contribution >= 0.6 is 0 Å². The van der Waals surface area contributed by atoms with E-state index in [-0.39, 0.29) is 23.0 Å². The number of piperazine rings is 1. The Labute approximate surface area is 225 Å². The van der Waals surface area contributed by atoms with Crippen molar-refractivity contribution in [2.75, 3.05) is 44.2 Å². The van der Waals surface area contributed by atoms with Crippen molar-refractivity contribution in [3.05, 3.63) is 77.6 Å². The first-order valence-electron chi connectivity index (χ1n) is 13.3. The molecule has 200 valence electrons. The van der Waals surface area contributed by atoms with Crippen LogP contribution in [0.1, 0.15) is 60.9 Å². The lowest BCUT2D eigenvalue weighted by atomic mass is 9.84. The Morgan fingerprint density at radius 2 is 1.53 bits per heavy atom. The zero-order valence-electron chi connectivity index (χ0n) is 23.1. The van der Waals surface area contributed by atoms with Crippen molar-refractivity contribution in [3.63, 3.8) is 0 Å². The molecule has 7 heteroatoms. The quantitative estimate of drug-likeness (QED) is 0.490. The number of hydrogen-bond donors (Lipinski definition) is 1. The number of benzene rings is 2. The van der Waals surface area contributed by atoms with Gasteiger partial charge in [-0.05, 0) is 72.9 Å². The van der Waals surface area contributed by atoms with Gasteiger partial charge in [0.25, 0.3) is 11.8 Å². The van der Waals surface area contributed by atoms with Crippen LogP contribution in [0.4, 0.5) is 5.69 Å². The third kappa shape index (κ3) is 5.98. The molecule has 1 aliphatic rings. The predicted molar refractivity (Wildman–Crippen MR) is 152 cm³/mol. The van der Waals surface area contributed by atoms with Crippen molar-refractivity contribution in [1.29, 1.82) is 0 Å². The van der Waals surface area contributed by atoms with Crippen molar-refractivity contribution in [2.45, 2.75) is 40.0 Å². The average molecular weight is 515 g/mol. The van der Waals surface area contributed by atoms with E-state index < -0.39 is 0 Å². The number of rotatable bonds is 6. The SMILES string of the molecule is CCN(CC)C(=O)c1ccc(N2CCN(C(=O)c3cc(-c4cncc(O)c4)cc(C(C)(C)C)c3)CC2)cc1. The molecule has 38 heavy (non-hydrogen) atoms. The normalized spacial score (nSPS) is 13.9. The van der Waals surface area contributed by atoms with Crippen LogP contribution in [0.3, 0.4) is 0 Å². The molecule has 0 unspecified atom stereocenters. The summed E-state index contributed by atoms with van der Waals surface area (Å²) in [6, 6.07) is 15.4. The molecular weight excluding hydrogens is 476 g/mol. The first kappa shape index (κ1) is 27.2. The van der Waals surface area contributed by atoms with Gasteiger partial charge in [0.15, 0.2) is 0 Å². The molecule has 1 saturated heterocycles. The molecule has 0 bridgehead atoms. The number of carbonyl (C=O) groups is 2. The van der Waals surface area contributed by atoms with Gasteiger partial charge in [0.2, 0.25) is 0 Å². The highest BCUT2D eigenvalue weighted by atomic mass is 16.3. The Morgan fingerprint density at radius 1 is 0.868 bits per heavy atom. The van der Waals surface area contributed by atoms with Gasteiger partial charge in [-0.25, -0.2) is 0 Å². The molecule has 2 heterocycles. The van der Waals surface area contributed by atoms with E-state index >= 15 is 0 Å². The summed E-state index contributed by atoms with van der Waals surface area (Å²) in [6.45, 7) is 14.4. The Kier molecular flexibility index (Phi) is 8.05. The maximum atomic E-state index is 13.6. The van der Waals surface area contributed by atoms with E-state index in [2.05, 4.69) is 36.7 Å². The van der Waals surface area contributed by atoms with Gasteiger partial charge in [0.1, 0.15) is 5.75 Å². The molecular formula is C31H38N4O3. The van der Waals surface area contributed by atoms with Crippen LogP contribution in [0.5, 0.6) is 5.75 Å². The fraction of sp³-hybridized carbons (Fsp3) is 0.387. The van der Waals surface area contributed by atoms with Crippen LogP contribution < -0.4 is 4.90 Å². The lowest BCUT2D eigenvalue weighted by Gasteiger charge is -2.36. The lowest BCUT2D eigenvalue weighted by Crippen LogP contribution is -2.48. The number of aromatic nitrogens is 1. The highest BCUT2D eigenvalue weighted by Crippen LogP contribution is 2.31. The van der Waals surface area contributed by atoms with Crippen molar-refractivity contribution in [3.8, 4) is 16.9 Å². The van der Waals surface area contributed by atoms with Gasteiger partial charge < -0.3 is 19.8 Å². The van der Waals surface area contributed by atoms with E-state index in [0.29, 0.717) is 37.3 Å². The number of carbonyl (C=O) groups excluding carboxylic acids is 2. The number of anilines is 1. The minimum absolute atomic E-state index is 0.00489. The lowest BCUT2D eigenvalue weighted by molar-refractivity contribution is 0.0744. The molecule has 0 saturated carbocycles. The third-order valence-corrected chi connectivity index (χ3v) is 7.20. The molecule has 3 aromatic rings. The topological polar surface area (TPSA) is 77.0 Å². The second-order valence-electron chi connectivity index (χ2n) is 10.8. The Bertz CT molecular complexity index is 1290. The van der Waals surface area contributed by atoms with Gasteiger partial charge in [0, 0.05) is 67.8 Å². The van der Waals surface area contributed by atoms with Crippen LogP contribution in [0.15, 0.2) is 60.9 Å². The number of aromatic hydroxyl groups is 1. The van der Waals surface area contributed by atoms with Crippen LogP contribution in [0.25, 0.3) is 11.1 Å². The summed E-state index contributed by atoms with van der Waals surface area (Å²) >= 11 is 0. The van der Waals surface area contributed by atoms with Crippen LogP contribution in [0, 0.1) is 0 Å². The van der Waals surface area contributed by atoms with E-state index in [4.69, 9.17) is 0 Å². The van der Waals surface area contributed by atoms with Crippen molar-refractivity contribution < 1.29 is 14.7 Å². The summed E-state index contributed by atoms with van der Waals surface area (Å²) in [5, 5.41) is 9.93. The maximum Gasteiger partial charge on any atom is 0.254 e. The van der Waals surface area contributed by atoms with Gasteiger partial charge in [0.05, 0.1) is 6.20 Å². The standard InChI is InChI=1S/C31H38N4O3/c1-6-33(7-2)29(37)22-8-10-27(11-9-22)34-12-14-35(15-13-34)30(38)24-16-23(17-26(18-24)31(3,4)5)25-19-28(36)21-32-20-25/h8-11,16-21,36H,6-7,12-15H2,1-5H3. The van der Waals surface area contributed by atoms with Gasteiger partial charge in [-0.3, -0.25) is 14.6 Å². The fourth-order valence-electron chi connectivity index (χ4n) is 4.79. The first-order chi connectivity index (χ1) is 18.1. The molecule has 4 rings (SSSR count). The monoisotopic (exact) mass is 514 g/mol.